The third-order valence-electron chi connectivity index (χ3n) is 7.25. The summed E-state index contributed by atoms with van der Waals surface area (Å²) in [6, 6.07) is 13.1. The zero-order valence-corrected chi connectivity index (χ0v) is 23.5. The number of carbonyl (C=O) groups excluding carboxylic acids is 1. The van der Waals surface area contributed by atoms with Gasteiger partial charge in [0.25, 0.3) is 0 Å². The highest BCUT2D eigenvalue weighted by atomic mass is 32.2. The Kier molecular flexibility index (Phi) is 9.14. The van der Waals surface area contributed by atoms with Gasteiger partial charge in [0.05, 0.1) is 16.5 Å². The maximum atomic E-state index is 12.1. The minimum Gasteiger partial charge on any atom is -0.391 e. The molecule has 9 heteroatoms. The van der Waals surface area contributed by atoms with E-state index in [-0.39, 0.29) is 10.3 Å². The Morgan fingerprint density at radius 3 is 2.42 bits per heavy atom. The Hall–Kier alpha value is -2.07. The number of hydrogen-bond acceptors (Lipinski definition) is 6. The topological polar surface area (TPSA) is 98.7 Å². The average molecular weight is 534 g/mol. The molecule has 1 aliphatic carbocycles. The molecular formula is C27H39N3O4S2. The van der Waals surface area contributed by atoms with Gasteiger partial charge in [0.1, 0.15) is 0 Å². The lowest BCUT2D eigenvalue weighted by molar-refractivity contribution is -0.107. The van der Waals surface area contributed by atoms with Crippen LogP contribution in [0.4, 0.5) is 11.4 Å². The van der Waals surface area contributed by atoms with Crippen LogP contribution in [0.5, 0.6) is 0 Å². The summed E-state index contributed by atoms with van der Waals surface area (Å²) in [4.78, 5) is 13.4. The van der Waals surface area contributed by atoms with Gasteiger partial charge < -0.3 is 14.7 Å². The number of fused-ring (bicyclic) bond motifs is 2. The number of amides is 1. The van der Waals surface area contributed by atoms with Gasteiger partial charge in [-0.1, -0.05) is 43.3 Å². The molecule has 36 heavy (non-hydrogen) atoms. The summed E-state index contributed by atoms with van der Waals surface area (Å²) in [6.45, 7) is 7.54. The number of sulfonamides is 1. The van der Waals surface area contributed by atoms with Gasteiger partial charge in [0, 0.05) is 29.6 Å². The highest BCUT2D eigenvalue weighted by molar-refractivity contribution is 7.99. The molecule has 1 heterocycles. The Labute approximate surface area is 220 Å². The first-order valence-electron chi connectivity index (χ1n) is 12.4. The smallest absolute Gasteiger partial charge is 0.241 e. The Morgan fingerprint density at radius 2 is 1.83 bits per heavy atom. The van der Waals surface area contributed by atoms with Crippen LogP contribution in [0.1, 0.15) is 64.0 Å². The van der Waals surface area contributed by atoms with Gasteiger partial charge in [-0.3, -0.25) is 4.79 Å². The molecule has 0 radical (unpaired) electrons. The minimum atomic E-state index is -3.60. The molecule has 3 N–H and O–H groups in total. The number of aryl methyl sites for hydroxylation is 1. The van der Waals surface area contributed by atoms with Crippen LogP contribution in [0.3, 0.4) is 0 Å². The maximum Gasteiger partial charge on any atom is 0.241 e. The SMILES string of the molecule is CSNc1ccc2c(c1)C1(CCCCC1)CN2C=O.Cc1cccc(S(=O)(=O)NC(C)(C)C(C)O)c1. The summed E-state index contributed by atoms with van der Waals surface area (Å²) in [5.41, 5.74) is 3.82. The van der Waals surface area contributed by atoms with Gasteiger partial charge in [0.2, 0.25) is 16.4 Å². The van der Waals surface area contributed by atoms with E-state index in [0.717, 1.165) is 29.9 Å². The van der Waals surface area contributed by atoms with Crippen LogP contribution >= 0.6 is 11.9 Å². The first kappa shape index (κ1) is 28.5. The van der Waals surface area contributed by atoms with Gasteiger partial charge in [-0.25, -0.2) is 13.1 Å². The molecule has 198 valence electrons. The summed E-state index contributed by atoms with van der Waals surface area (Å²) in [7, 11) is -3.60. The Balaban J connectivity index is 0.000000202. The molecule has 1 fully saturated rings. The van der Waals surface area contributed by atoms with E-state index < -0.39 is 21.7 Å². The second kappa shape index (κ2) is 11.5. The van der Waals surface area contributed by atoms with Crippen molar-refractivity contribution in [3.63, 3.8) is 0 Å². The van der Waals surface area contributed by atoms with Crippen LogP contribution in [0.15, 0.2) is 47.4 Å². The van der Waals surface area contributed by atoms with Crippen molar-refractivity contribution in [2.24, 2.45) is 0 Å². The quantitative estimate of drug-likeness (QED) is 0.343. The first-order chi connectivity index (χ1) is 16.9. The average Bonchev–Trinajstić information content (AvgIpc) is 3.12. The van der Waals surface area contributed by atoms with E-state index in [9.17, 15) is 18.3 Å². The standard InChI is InChI=1S/C15H20N2OS.C12H19NO3S/c1-19-16-12-5-6-14-13(9-12)15(10-17(14)11-18)7-3-2-4-8-15;1-9-6-5-7-11(8-9)17(15,16)13-12(3,4)10(2)14/h5-6,9,11,16H,2-4,7-8,10H2,1H3;5-8,10,13-14H,1-4H3. The van der Waals surface area contributed by atoms with E-state index in [1.54, 1.807) is 44.9 Å². The molecule has 1 spiro atoms. The van der Waals surface area contributed by atoms with Crippen LogP contribution in [-0.4, -0.2) is 44.4 Å². The van der Waals surface area contributed by atoms with Gasteiger partial charge in [-0.15, -0.1) is 0 Å². The number of nitrogens with one attached hydrogen (secondary N) is 2. The third-order valence-corrected chi connectivity index (χ3v) is 9.36. The van der Waals surface area contributed by atoms with Crippen molar-refractivity contribution in [1.82, 2.24) is 4.72 Å². The summed E-state index contributed by atoms with van der Waals surface area (Å²) >= 11 is 1.61. The number of rotatable bonds is 7. The molecule has 1 atom stereocenters. The van der Waals surface area contributed by atoms with Crippen LogP contribution < -0.4 is 14.3 Å². The molecular weight excluding hydrogens is 494 g/mol. The number of hydrogen-bond donors (Lipinski definition) is 3. The molecule has 2 aromatic rings. The van der Waals surface area contributed by atoms with E-state index in [2.05, 4.69) is 27.6 Å². The number of aliphatic hydroxyl groups is 1. The number of benzene rings is 2. The zero-order chi connectivity index (χ0) is 26.6. The number of anilines is 2. The molecule has 1 aliphatic heterocycles. The molecule has 0 aromatic heterocycles. The summed E-state index contributed by atoms with van der Waals surface area (Å²) in [5, 5.41) is 9.52. The highest BCUT2D eigenvalue weighted by Gasteiger charge is 2.43. The Bertz CT molecular complexity index is 1160. The van der Waals surface area contributed by atoms with Crippen molar-refractivity contribution in [3.8, 4) is 0 Å². The maximum absolute atomic E-state index is 12.1. The fraction of sp³-hybridized carbons (Fsp3) is 0.519. The summed E-state index contributed by atoms with van der Waals surface area (Å²) in [5.74, 6) is 0. The van der Waals surface area contributed by atoms with Gasteiger partial charge in [-0.2, -0.15) is 0 Å². The second-order valence-corrected chi connectivity index (χ2v) is 12.7. The van der Waals surface area contributed by atoms with Crippen molar-refractivity contribution in [1.29, 1.82) is 0 Å². The van der Waals surface area contributed by atoms with Gasteiger partial charge in [-0.05, 0) is 82.0 Å². The largest absolute Gasteiger partial charge is 0.391 e. The van der Waals surface area contributed by atoms with Crippen LogP contribution in [0.2, 0.25) is 0 Å². The van der Waals surface area contributed by atoms with Crippen molar-refractivity contribution >= 4 is 39.8 Å². The van der Waals surface area contributed by atoms with Crippen LogP contribution in [0.25, 0.3) is 0 Å². The van der Waals surface area contributed by atoms with Gasteiger partial charge >= 0.3 is 0 Å². The lowest BCUT2D eigenvalue weighted by atomic mass is 9.71. The molecule has 0 bridgehead atoms. The summed E-state index contributed by atoms with van der Waals surface area (Å²) < 4.78 is 30.0. The Morgan fingerprint density at radius 1 is 1.14 bits per heavy atom. The molecule has 1 amide bonds. The second-order valence-electron chi connectivity index (χ2n) is 10.4. The lowest BCUT2D eigenvalue weighted by Crippen LogP contribution is -2.50. The minimum absolute atomic E-state index is 0.213. The van der Waals surface area contributed by atoms with E-state index in [1.807, 2.05) is 24.1 Å². The van der Waals surface area contributed by atoms with Crippen molar-refractivity contribution in [2.45, 2.75) is 81.8 Å². The molecule has 7 nitrogen and oxygen atoms in total. The normalized spacial score (nSPS) is 17.7. The molecule has 1 saturated carbocycles. The van der Waals surface area contributed by atoms with Gasteiger partial charge in [0.15, 0.2) is 0 Å². The lowest BCUT2D eigenvalue weighted by Gasteiger charge is -2.34. The number of carbonyl (C=O) groups is 1. The summed E-state index contributed by atoms with van der Waals surface area (Å²) in [6.07, 6.45) is 8.58. The third kappa shape index (κ3) is 6.43. The fourth-order valence-corrected chi connectivity index (χ4v) is 6.85. The van der Waals surface area contributed by atoms with E-state index >= 15 is 0 Å². The van der Waals surface area contributed by atoms with E-state index in [0.29, 0.717) is 0 Å². The molecule has 1 unspecified atom stereocenters. The molecule has 4 rings (SSSR count). The van der Waals surface area contributed by atoms with Crippen LogP contribution in [0, 0.1) is 6.92 Å². The molecule has 2 aliphatic rings. The zero-order valence-electron chi connectivity index (χ0n) is 21.9. The monoisotopic (exact) mass is 533 g/mol. The first-order valence-corrected chi connectivity index (χ1v) is 15.1. The molecule has 2 aromatic carbocycles. The number of nitrogens with zero attached hydrogens (tertiary/aromatic N) is 1. The predicted octanol–water partition coefficient (Wildman–Crippen LogP) is 4.99. The van der Waals surface area contributed by atoms with Crippen molar-refractivity contribution < 1.29 is 18.3 Å². The van der Waals surface area contributed by atoms with Crippen molar-refractivity contribution in [3.05, 3.63) is 53.6 Å². The van der Waals surface area contributed by atoms with E-state index in [1.165, 1.54) is 43.7 Å². The highest BCUT2D eigenvalue weighted by Crippen LogP contribution is 2.49. The van der Waals surface area contributed by atoms with Crippen LogP contribution in [-0.2, 0) is 20.2 Å². The van der Waals surface area contributed by atoms with Crippen molar-refractivity contribution in [2.75, 3.05) is 22.4 Å². The fourth-order valence-electron chi connectivity index (χ4n) is 4.91. The van der Waals surface area contributed by atoms with E-state index in [4.69, 9.17) is 0 Å². The predicted molar refractivity (Wildman–Crippen MR) is 149 cm³/mol. The molecule has 0 saturated heterocycles. The number of aliphatic hydroxyl groups excluding tert-OH is 1.